The SMILES string of the molecule is CC[C@H](C)[C@H](NC(=O)c1ccc2[nH]ccc2c1)C(=O)O. The van der Waals surface area contributed by atoms with Crippen LogP contribution in [-0.2, 0) is 4.79 Å². The van der Waals surface area contributed by atoms with Crippen LogP contribution in [0.1, 0.15) is 30.6 Å². The number of carbonyl (C=O) groups is 2. The maximum Gasteiger partial charge on any atom is 0.326 e. The van der Waals surface area contributed by atoms with Crippen LogP contribution < -0.4 is 5.32 Å². The summed E-state index contributed by atoms with van der Waals surface area (Å²) in [5.74, 6) is -1.48. The van der Waals surface area contributed by atoms with E-state index >= 15 is 0 Å². The largest absolute Gasteiger partial charge is 0.480 e. The number of aliphatic carboxylic acids is 1. The number of fused-ring (bicyclic) bond motifs is 1. The van der Waals surface area contributed by atoms with E-state index in [0.717, 1.165) is 10.9 Å². The summed E-state index contributed by atoms with van der Waals surface area (Å²) in [4.78, 5) is 26.4. The number of aromatic amines is 1. The van der Waals surface area contributed by atoms with Gasteiger partial charge in [0.2, 0.25) is 0 Å². The summed E-state index contributed by atoms with van der Waals surface area (Å²) in [7, 11) is 0. The standard InChI is InChI=1S/C15H18N2O3/c1-3-9(2)13(15(19)20)17-14(18)11-4-5-12-10(8-11)6-7-16-12/h4-9,13,16H,3H2,1-2H3,(H,17,18)(H,19,20)/t9-,13-/m0/s1. The van der Waals surface area contributed by atoms with E-state index in [1.807, 2.05) is 26.0 Å². The van der Waals surface area contributed by atoms with E-state index in [-0.39, 0.29) is 11.8 Å². The molecule has 106 valence electrons. The van der Waals surface area contributed by atoms with Gasteiger partial charge in [0.05, 0.1) is 0 Å². The van der Waals surface area contributed by atoms with E-state index in [1.54, 1.807) is 18.3 Å². The first kappa shape index (κ1) is 14.1. The first-order chi connectivity index (χ1) is 9.52. The highest BCUT2D eigenvalue weighted by Crippen LogP contribution is 2.15. The number of benzene rings is 1. The Balaban J connectivity index is 2.19. The van der Waals surface area contributed by atoms with Gasteiger partial charge in [-0.25, -0.2) is 4.79 Å². The molecule has 5 heteroatoms. The zero-order valence-electron chi connectivity index (χ0n) is 11.5. The summed E-state index contributed by atoms with van der Waals surface area (Å²) in [5.41, 5.74) is 1.41. The van der Waals surface area contributed by atoms with Gasteiger partial charge in [0.25, 0.3) is 5.91 Å². The fraction of sp³-hybridized carbons (Fsp3) is 0.333. The molecular weight excluding hydrogens is 256 g/mol. The molecule has 0 aliphatic rings. The minimum absolute atomic E-state index is 0.118. The maximum absolute atomic E-state index is 12.2. The van der Waals surface area contributed by atoms with E-state index in [2.05, 4.69) is 10.3 Å². The average molecular weight is 274 g/mol. The molecule has 2 aromatic rings. The summed E-state index contributed by atoms with van der Waals surface area (Å²) in [6, 6.07) is 6.24. The predicted octanol–water partition coefficient (Wildman–Crippen LogP) is 2.40. The highest BCUT2D eigenvalue weighted by Gasteiger charge is 2.25. The van der Waals surface area contributed by atoms with Crippen LogP contribution in [0.3, 0.4) is 0 Å². The number of rotatable bonds is 5. The minimum Gasteiger partial charge on any atom is -0.480 e. The van der Waals surface area contributed by atoms with Crippen molar-refractivity contribution in [1.82, 2.24) is 10.3 Å². The molecule has 0 saturated heterocycles. The van der Waals surface area contributed by atoms with Gasteiger partial charge in [-0.3, -0.25) is 4.79 Å². The fourth-order valence-electron chi connectivity index (χ4n) is 2.10. The van der Waals surface area contributed by atoms with Crippen molar-refractivity contribution >= 4 is 22.8 Å². The van der Waals surface area contributed by atoms with Crippen molar-refractivity contribution in [2.75, 3.05) is 0 Å². The van der Waals surface area contributed by atoms with Gasteiger partial charge < -0.3 is 15.4 Å². The highest BCUT2D eigenvalue weighted by molar-refractivity contribution is 5.99. The van der Waals surface area contributed by atoms with Crippen molar-refractivity contribution in [1.29, 1.82) is 0 Å². The summed E-state index contributed by atoms with van der Waals surface area (Å²) in [6.07, 6.45) is 2.49. The van der Waals surface area contributed by atoms with Crippen molar-refractivity contribution in [3.63, 3.8) is 0 Å². The van der Waals surface area contributed by atoms with Crippen LogP contribution in [0.15, 0.2) is 30.5 Å². The third-order valence-electron chi connectivity index (χ3n) is 3.58. The molecule has 2 atom stereocenters. The molecule has 0 spiro atoms. The zero-order chi connectivity index (χ0) is 14.7. The lowest BCUT2D eigenvalue weighted by Crippen LogP contribution is -2.45. The third-order valence-corrected chi connectivity index (χ3v) is 3.58. The Bertz CT molecular complexity index is 633. The monoisotopic (exact) mass is 274 g/mol. The molecule has 0 fully saturated rings. The first-order valence-corrected chi connectivity index (χ1v) is 6.63. The molecule has 0 unspecified atom stereocenters. The molecule has 0 bridgehead atoms. The van der Waals surface area contributed by atoms with Crippen molar-refractivity contribution in [3.8, 4) is 0 Å². The second-order valence-electron chi connectivity index (χ2n) is 4.95. The third kappa shape index (κ3) is 2.82. The van der Waals surface area contributed by atoms with E-state index in [1.165, 1.54) is 0 Å². The average Bonchev–Trinajstić information content (AvgIpc) is 2.90. The van der Waals surface area contributed by atoms with Gasteiger partial charge in [0.1, 0.15) is 6.04 Å². The summed E-state index contributed by atoms with van der Waals surface area (Å²) in [6.45, 7) is 3.72. The van der Waals surface area contributed by atoms with Crippen LogP contribution in [0.2, 0.25) is 0 Å². The topological polar surface area (TPSA) is 82.2 Å². The number of carboxylic acids is 1. The van der Waals surface area contributed by atoms with Gasteiger partial charge in [0, 0.05) is 22.7 Å². The molecule has 0 saturated carbocycles. The highest BCUT2D eigenvalue weighted by atomic mass is 16.4. The number of amides is 1. The molecule has 1 aromatic carbocycles. The Morgan fingerprint density at radius 2 is 2.10 bits per heavy atom. The Morgan fingerprint density at radius 3 is 2.75 bits per heavy atom. The lowest BCUT2D eigenvalue weighted by Gasteiger charge is -2.20. The Labute approximate surface area is 117 Å². The second-order valence-corrected chi connectivity index (χ2v) is 4.95. The number of hydrogen-bond donors (Lipinski definition) is 3. The smallest absolute Gasteiger partial charge is 0.326 e. The lowest BCUT2D eigenvalue weighted by atomic mass is 9.99. The molecule has 1 aromatic heterocycles. The zero-order valence-corrected chi connectivity index (χ0v) is 11.5. The van der Waals surface area contributed by atoms with E-state index in [9.17, 15) is 14.7 Å². The molecule has 1 heterocycles. The molecule has 0 aliphatic carbocycles. The summed E-state index contributed by atoms with van der Waals surface area (Å²) in [5, 5.41) is 12.7. The normalized spacial score (nSPS) is 13.9. The lowest BCUT2D eigenvalue weighted by molar-refractivity contribution is -0.140. The number of carbonyl (C=O) groups excluding carboxylic acids is 1. The molecule has 0 radical (unpaired) electrons. The van der Waals surface area contributed by atoms with Crippen LogP contribution in [0.4, 0.5) is 0 Å². The summed E-state index contributed by atoms with van der Waals surface area (Å²) < 4.78 is 0. The molecule has 20 heavy (non-hydrogen) atoms. The Hall–Kier alpha value is -2.30. The van der Waals surface area contributed by atoms with Gasteiger partial charge in [-0.05, 0) is 30.2 Å². The Kier molecular flexibility index (Phi) is 4.08. The first-order valence-electron chi connectivity index (χ1n) is 6.63. The van der Waals surface area contributed by atoms with E-state index < -0.39 is 12.0 Å². The van der Waals surface area contributed by atoms with Gasteiger partial charge in [-0.2, -0.15) is 0 Å². The molecular formula is C15H18N2O3. The molecule has 3 N–H and O–H groups in total. The number of nitrogens with one attached hydrogen (secondary N) is 2. The maximum atomic E-state index is 12.2. The van der Waals surface area contributed by atoms with Gasteiger partial charge >= 0.3 is 5.97 Å². The molecule has 1 amide bonds. The van der Waals surface area contributed by atoms with Crippen LogP contribution >= 0.6 is 0 Å². The van der Waals surface area contributed by atoms with Crippen LogP contribution in [0, 0.1) is 5.92 Å². The predicted molar refractivity (Wildman–Crippen MR) is 76.6 cm³/mol. The summed E-state index contributed by atoms with van der Waals surface area (Å²) >= 11 is 0. The van der Waals surface area contributed by atoms with Crippen molar-refractivity contribution in [2.45, 2.75) is 26.3 Å². The van der Waals surface area contributed by atoms with E-state index in [4.69, 9.17) is 0 Å². The number of aromatic nitrogens is 1. The number of H-pyrrole nitrogens is 1. The van der Waals surface area contributed by atoms with Crippen LogP contribution in [0.25, 0.3) is 10.9 Å². The quantitative estimate of drug-likeness (QED) is 0.783. The van der Waals surface area contributed by atoms with E-state index in [0.29, 0.717) is 12.0 Å². The Morgan fingerprint density at radius 1 is 1.35 bits per heavy atom. The van der Waals surface area contributed by atoms with Crippen LogP contribution in [0.5, 0.6) is 0 Å². The molecule has 5 nitrogen and oxygen atoms in total. The van der Waals surface area contributed by atoms with Crippen LogP contribution in [-0.4, -0.2) is 28.0 Å². The van der Waals surface area contributed by atoms with Gasteiger partial charge in [-0.15, -0.1) is 0 Å². The van der Waals surface area contributed by atoms with Crippen molar-refractivity contribution in [2.24, 2.45) is 5.92 Å². The minimum atomic E-state index is -1.00. The number of hydrogen-bond acceptors (Lipinski definition) is 2. The second kappa shape index (κ2) is 5.77. The molecule has 2 rings (SSSR count). The van der Waals surface area contributed by atoms with Crippen molar-refractivity contribution in [3.05, 3.63) is 36.0 Å². The van der Waals surface area contributed by atoms with Gasteiger partial charge in [-0.1, -0.05) is 20.3 Å². The van der Waals surface area contributed by atoms with Gasteiger partial charge in [0.15, 0.2) is 0 Å². The number of carboxylic acid groups (broad SMARTS) is 1. The van der Waals surface area contributed by atoms with Crippen molar-refractivity contribution < 1.29 is 14.7 Å². The fourth-order valence-corrected chi connectivity index (χ4v) is 2.10. The molecule has 0 aliphatic heterocycles.